The topological polar surface area (TPSA) is 62.6 Å². The van der Waals surface area contributed by atoms with Crippen LogP contribution in [0.15, 0.2) is 24.3 Å². The third kappa shape index (κ3) is 5.29. The predicted octanol–water partition coefficient (Wildman–Crippen LogP) is 2.88. The molecule has 2 aliphatic rings. The van der Waals surface area contributed by atoms with Gasteiger partial charge in [-0.05, 0) is 50.2 Å². The number of rotatable bonds is 7. The Morgan fingerprint density at radius 3 is 2.68 bits per heavy atom. The van der Waals surface area contributed by atoms with Crippen molar-refractivity contribution in [1.82, 2.24) is 4.90 Å². The van der Waals surface area contributed by atoms with E-state index >= 15 is 0 Å². The molecule has 1 aliphatic carbocycles. The van der Waals surface area contributed by atoms with Crippen molar-refractivity contribution in [1.29, 1.82) is 5.26 Å². The van der Waals surface area contributed by atoms with Gasteiger partial charge in [0.15, 0.2) is 6.10 Å². The molecule has 1 aromatic rings. The van der Waals surface area contributed by atoms with Crippen LogP contribution < -0.4 is 0 Å². The summed E-state index contributed by atoms with van der Waals surface area (Å²) in [4.78, 5) is 14.4. The van der Waals surface area contributed by atoms with E-state index < -0.39 is 6.10 Å². The van der Waals surface area contributed by atoms with Crippen molar-refractivity contribution in [2.45, 2.75) is 51.4 Å². The minimum atomic E-state index is -0.471. The Kier molecular flexibility index (Phi) is 6.06. The highest BCUT2D eigenvalue weighted by Gasteiger charge is 2.27. The second kappa shape index (κ2) is 8.46. The minimum Gasteiger partial charge on any atom is -0.460 e. The summed E-state index contributed by atoms with van der Waals surface area (Å²) in [5.74, 6) is 0.406. The Balaban J connectivity index is 1.40. The first kappa shape index (κ1) is 17.9. The van der Waals surface area contributed by atoms with E-state index in [-0.39, 0.29) is 12.1 Å². The summed E-state index contributed by atoms with van der Waals surface area (Å²) < 4.78 is 11.2. The molecule has 1 saturated heterocycles. The van der Waals surface area contributed by atoms with Gasteiger partial charge >= 0.3 is 5.97 Å². The van der Waals surface area contributed by atoms with Gasteiger partial charge in [0.05, 0.1) is 18.2 Å². The highest BCUT2D eigenvalue weighted by atomic mass is 16.6. The molecule has 2 fully saturated rings. The third-order valence-electron chi connectivity index (χ3n) is 4.96. The molecule has 0 N–H and O–H groups in total. The monoisotopic (exact) mass is 342 g/mol. The van der Waals surface area contributed by atoms with Crippen molar-refractivity contribution in [3.63, 3.8) is 0 Å². The largest absolute Gasteiger partial charge is 0.460 e. The lowest BCUT2D eigenvalue weighted by atomic mass is 10.0. The van der Waals surface area contributed by atoms with Gasteiger partial charge in [-0.1, -0.05) is 18.2 Å². The lowest BCUT2D eigenvalue weighted by Gasteiger charge is -2.32. The molecule has 5 nitrogen and oxygen atoms in total. The van der Waals surface area contributed by atoms with Crippen molar-refractivity contribution < 1.29 is 14.3 Å². The van der Waals surface area contributed by atoms with Gasteiger partial charge in [-0.2, -0.15) is 5.26 Å². The number of nitrogens with zero attached hydrogens (tertiary/aromatic N) is 2. The first-order valence-corrected chi connectivity index (χ1v) is 9.18. The molecule has 1 saturated carbocycles. The van der Waals surface area contributed by atoms with Gasteiger partial charge in [0.25, 0.3) is 0 Å². The van der Waals surface area contributed by atoms with Crippen LogP contribution in [0.5, 0.6) is 0 Å². The number of nitriles is 1. The van der Waals surface area contributed by atoms with E-state index in [4.69, 9.17) is 9.47 Å². The van der Waals surface area contributed by atoms with Gasteiger partial charge in [-0.3, -0.25) is 4.90 Å². The molecule has 1 aromatic carbocycles. The average molecular weight is 342 g/mol. The molecule has 5 heteroatoms. The lowest BCUT2D eigenvalue weighted by molar-refractivity contribution is -0.164. The summed E-state index contributed by atoms with van der Waals surface area (Å²) in [6, 6.07) is 9.96. The summed E-state index contributed by atoms with van der Waals surface area (Å²) in [6.07, 6.45) is 3.60. The molecule has 0 bridgehead atoms. The minimum absolute atomic E-state index is 0.0260. The zero-order valence-corrected chi connectivity index (χ0v) is 14.8. The van der Waals surface area contributed by atoms with E-state index in [0.29, 0.717) is 12.5 Å². The van der Waals surface area contributed by atoms with Crippen molar-refractivity contribution in [2.75, 3.05) is 19.7 Å². The van der Waals surface area contributed by atoms with Crippen LogP contribution in [-0.2, 0) is 20.8 Å². The fraction of sp³-hybridized carbons (Fsp3) is 0.600. The maximum atomic E-state index is 12.1. The maximum absolute atomic E-state index is 12.1. The normalized spacial score (nSPS) is 20.0. The number of hydrogen-bond donors (Lipinski definition) is 0. The Bertz CT molecular complexity index is 628. The Hall–Kier alpha value is -1.90. The summed E-state index contributed by atoms with van der Waals surface area (Å²) >= 11 is 0. The van der Waals surface area contributed by atoms with Crippen LogP contribution in [0.4, 0.5) is 0 Å². The standard InChI is InChI=1S/C20H26N2O3/c1-15(24-14-16-6-7-16)20(23)25-19-8-10-22(11-9-19)13-18-5-3-2-4-17(18)12-21/h2-5,15-16,19H,6-11,13-14H2,1H3/t15-/m1/s1. The first-order valence-electron chi connectivity index (χ1n) is 9.18. The van der Waals surface area contributed by atoms with Gasteiger partial charge in [-0.15, -0.1) is 0 Å². The molecule has 0 unspecified atom stereocenters. The predicted molar refractivity (Wildman–Crippen MR) is 93.7 cm³/mol. The summed E-state index contributed by atoms with van der Waals surface area (Å²) in [6.45, 7) is 4.96. The molecule has 3 rings (SSSR count). The summed E-state index contributed by atoms with van der Waals surface area (Å²) in [7, 11) is 0. The van der Waals surface area contributed by atoms with Gasteiger partial charge in [0.2, 0.25) is 0 Å². The van der Waals surface area contributed by atoms with Crippen LogP contribution in [0.2, 0.25) is 0 Å². The average Bonchev–Trinajstić information content (AvgIpc) is 3.46. The van der Waals surface area contributed by atoms with E-state index in [0.717, 1.165) is 43.6 Å². The lowest BCUT2D eigenvalue weighted by Crippen LogP contribution is -2.39. The van der Waals surface area contributed by atoms with E-state index in [2.05, 4.69) is 11.0 Å². The van der Waals surface area contributed by atoms with E-state index in [1.54, 1.807) is 6.92 Å². The van der Waals surface area contributed by atoms with Crippen LogP contribution in [0, 0.1) is 17.2 Å². The quantitative estimate of drug-likeness (QED) is 0.713. The smallest absolute Gasteiger partial charge is 0.335 e. The molecular weight excluding hydrogens is 316 g/mol. The fourth-order valence-electron chi connectivity index (χ4n) is 3.09. The molecule has 0 aromatic heterocycles. The number of carbonyl (C=O) groups is 1. The fourth-order valence-corrected chi connectivity index (χ4v) is 3.09. The molecule has 0 spiro atoms. The van der Waals surface area contributed by atoms with Crippen LogP contribution in [0.25, 0.3) is 0 Å². The van der Waals surface area contributed by atoms with Gasteiger partial charge in [0, 0.05) is 19.6 Å². The molecule has 1 atom stereocenters. The van der Waals surface area contributed by atoms with Crippen LogP contribution in [0.3, 0.4) is 0 Å². The molecular formula is C20H26N2O3. The van der Waals surface area contributed by atoms with Crippen molar-refractivity contribution in [2.24, 2.45) is 5.92 Å². The number of hydrogen-bond acceptors (Lipinski definition) is 5. The van der Waals surface area contributed by atoms with Crippen LogP contribution in [0.1, 0.15) is 43.7 Å². The third-order valence-corrected chi connectivity index (χ3v) is 4.96. The number of piperidine rings is 1. The molecule has 1 heterocycles. The van der Waals surface area contributed by atoms with Gasteiger partial charge in [-0.25, -0.2) is 4.79 Å². The first-order chi connectivity index (χ1) is 12.2. The second-order valence-electron chi connectivity index (χ2n) is 7.10. The molecule has 134 valence electrons. The Morgan fingerprint density at radius 1 is 1.28 bits per heavy atom. The van der Waals surface area contributed by atoms with Crippen LogP contribution >= 0.6 is 0 Å². The maximum Gasteiger partial charge on any atom is 0.335 e. The van der Waals surface area contributed by atoms with Crippen molar-refractivity contribution in [3.8, 4) is 6.07 Å². The van der Waals surface area contributed by atoms with Crippen molar-refractivity contribution >= 4 is 5.97 Å². The summed E-state index contributed by atoms with van der Waals surface area (Å²) in [5, 5.41) is 9.19. The highest BCUT2D eigenvalue weighted by molar-refractivity contribution is 5.74. The Labute approximate surface area is 149 Å². The Morgan fingerprint density at radius 2 is 2.00 bits per heavy atom. The van der Waals surface area contributed by atoms with E-state index in [1.807, 2.05) is 24.3 Å². The molecule has 0 amide bonds. The molecule has 0 radical (unpaired) electrons. The number of esters is 1. The van der Waals surface area contributed by atoms with Gasteiger partial charge in [0.1, 0.15) is 6.10 Å². The summed E-state index contributed by atoms with van der Waals surface area (Å²) in [5.41, 5.74) is 1.79. The van der Waals surface area contributed by atoms with E-state index in [1.165, 1.54) is 12.8 Å². The van der Waals surface area contributed by atoms with Gasteiger partial charge < -0.3 is 9.47 Å². The van der Waals surface area contributed by atoms with Crippen molar-refractivity contribution in [3.05, 3.63) is 35.4 Å². The molecule has 1 aliphatic heterocycles. The van der Waals surface area contributed by atoms with E-state index in [9.17, 15) is 10.1 Å². The SMILES string of the molecule is C[C@@H](OCC1CC1)C(=O)OC1CCN(Cc2ccccc2C#N)CC1. The molecule has 25 heavy (non-hydrogen) atoms. The number of ether oxygens (including phenoxy) is 2. The highest BCUT2D eigenvalue weighted by Crippen LogP contribution is 2.29. The number of likely N-dealkylation sites (tertiary alicyclic amines) is 1. The number of benzene rings is 1. The van der Waals surface area contributed by atoms with Crippen LogP contribution in [-0.4, -0.2) is 42.8 Å². The number of carbonyl (C=O) groups excluding carboxylic acids is 1. The zero-order valence-electron chi connectivity index (χ0n) is 14.8. The second-order valence-corrected chi connectivity index (χ2v) is 7.10. The zero-order chi connectivity index (χ0) is 17.6.